The van der Waals surface area contributed by atoms with Gasteiger partial charge in [0.2, 0.25) is 12.8 Å². The second kappa shape index (κ2) is 7.13. The van der Waals surface area contributed by atoms with Crippen LogP contribution in [0.4, 0.5) is 0 Å². The summed E-state index contributed by atoms with van der Waals surface area (Å²) in [5.41, 5.74) is 0.275. The number of carbonyl (C=O) groups excluding carboxylic acids is 1. The molecule has 142 valence electrons. The molecule has 2 aliphatic rings. The van der Waals surface area contributed by atoms with E-state index < -0.39 is 11.6 Å². The molecule has 7 heteroatoms. The Morgan fingerprint density at radius 3 is 2.69 bits per heavy atom. The minimum Gasteiger partial charge on any atom is -0.460 e. The molecule has 26 heavy (non-hydrogen) atoms. The first-order chi connectivity index (χ1) is 12.2. The van der Waals surface area contributed by atoms with Crippen molar-refractivity contribution in [2.24, 2.45) is 5.92 Å². The number of benzene rings is 1. The Labute approximate surface area is 152 Å². The van der Waals surface area contributed by atoms with Crippen molar-refractivity contribution in [3.8, 4) is 11.5 Å². The molecule has 0 N–H and O–H groups in total. The predicted molar refractivity (Wildman–Crippen MR) is 93.9 cm³/mol. The Morgan fingerprint density at radius 1 is 1.27 bits per heavy atom. The maximum absolute atomic E-state index is 12.2. The van der Waals surface area contributed by atoms with Crippen molar-refractivity contribution in [2.75, 3.05) is 6.79 Å². The van der Waals surface area contributed by atoms with Gasteiger partial charge in [-0.15, -0.1) is 0 Å². The minimum absolute atomic E-state index is 0.0734. The van der Waals surface area contributed by atoms with Gasteiger partial charge < -0.3 is 14.2 Å². The SMILES string of the molecule is CC(C)(C)OC(=O)C[C@H]1CCC[C@@H](c2ccc3c(c2)OCO3)[C@H]1[N+](=O)[O-]. The standard InChI is InChI=1S/C19H25NO6/c1-19(2,3)26-17(21)10-13-5-4-6-14(18(13)20(22)23)12-7-8-15-16(9-12)25-11-24-15/h7-9,13-14,18H,4-6,10-11H2,1-3H3/t13-,14+,18+/m1/s1. The van der Waals surface area contributed by atoms with Gasteiger partial charge in [-0.2, -0.15) is 0 Å². The first kappa shape index (κ1) is 18.5. The number of rotatable bonds is 4. The van der Waals surface area contributed by atoms with Gasteiger partial charge >= 0.3 is 5.97 Å². The lowest BCUT2D eigenvalue weighted by atomic mass is 9.73. The van der Waals surface area contributed by atoms with Gasteiger partial charge in [0.15, 0.2) is 11.5 Å². The zero-order valence-corrected chi connectivity index (χ0v) is 15.4. The number of ether oxygens (including phenoxy) is 3. The van der Waals surface area contributed by atoms with Gasteiger partial charge in [-0.1, -0.05) is 12.5 Å². The minimum atomic E-state index is -0.809. The van der Waals surface area contributed by atoms with Crippen molar-refractivity contribution in [1.82, 2.24) is 0 Å². The predicted octanol–water partition coefficient (Wildman–Crippen LogP) is 3.68. The molecule has 0 bridgehead atoms. The van der Waals surface area contributed by atoms with E-state index in [4.69, 9.17) is 14.2 Å². The third-order valence-electron chi connectivity index (χ3n) is 4.90. The Hall–Kier alpha value is -2.31. The van der Waals surface area contributed by atoms with Crippen LogP contribution < -0.4 is 9.47 Å². The number of esters is 1. The molecule has 1 aliphatic carbocycles. The van der Waals surface area contributed by atoms with Crippen LogP contribution in [0.1, 0.15) is 57.9 Å². The molecule has 0 spiro atoms. The molecule has 3 atom stereocenters. The molecule has 7 nitrogen and oxygen atoms in total. The summed E-state index contributed by atoms with van der Waals surface area (Å²) >= 11 is 0. The van der Waals surface area contributed by atoms with Crippen LogP contribution in [0.3, 0.4) is 0 Å². The third-order valence-corrected chi connectivity index (χ3v) is 4.90. The van der Waals surface area contributed by atoms with Crippen molar-refractivity contribution in [3.63, 3.8) is 0 Å². The summed E-state index contributed by atoms with van der Waals surface area (Å²) < 4.78 is 16.1. The summed E-state index contributed by atoms with van der Waals surface area (Å²) in [5.74, 6) is 0.330. The van der Waals surface area contributed by atoms with Crippen LogP contribution in [0, 0.1) is 16.0 Å². The maximum Gasteiger partial charge on any atom is 0.306 e. The second-order valence-corrected chi connectivity index (χ2v) is 7.98. The van der Waals surface area contributed by atoms with E-state index in [0.717, 1.165) is 18.4 Å². The smallest absolute Gasteiger partial charge is 0.306 e. The number of nitro groups is 1. The summed E-state index contributed by atoms with van der Waals surface area (Å²) in [6.45, 7) is 5.56. The van der Waals surface area contributed by atoms with Crippen LogP contribution >= 0.6 is 0 Å². The lowest BCUT2D eigenvalue weighted by Crippen LogP contribution is -2.40. The van der Waals surface area contributed by atoms with Crippen molar-refractivity contribution < 1.29 is 23.9 Å². The third kappa shape index (κ3) is 4.08. The van der Waals surface area contributed by atoms with Gasteiger partial charge in [-0.05, 0) is 51.3 Å². The topological polar surface area (TPSA) is 87.9 Å². The van der Waals surface area contributed by atoms with Crippen LogP contribution in [0.15, 0.2) is 18.2 Å². The summed E-state index contributed by atoms with van der Waals surface area (Å²) in [5, 5.41) is 11.8. The molecule has 0 radical (unpaired) electrons. The second-order valence-electron chi connectivity index (χ2n) is 7.98. The molecule has 1 aromatic rings. The molecule has 1 heterocycles. The van der Waals surface area contributed by atoms with Gasteiger partial charge in [0.05, 0.1) is 12.3 Å². The Kier molecular flexibility index (Phi) is 5.07. The van der Waals surface area contributed by atoms with Crippen molar-refractivity contribution in [2.45, 2.75) is 64.0 Å². The first-order valence-electron chi connectivity index (χ1n) is 8.99. The molecule has 1 saturated carbocycles. The van der Waals surface area contributed by atoms with Gasteiger partial charge in [-0.3, -0.25) is 14.9 Å². The molecule has 0 saturated heterocycles. The average Bonchev–Trinajstić information content (AvgIpc) is 2.99. The molecular formula is C19H25NO6. The number of fused-ring (bicyclic) bond motifs is 1. The highest BCUT2D eigenvalue weighted by molar-refractivity contribution is 5.70. The van der Waals surface area contributed by atoms with E-state index in [-0.39, 0.29) is 35.9 Å². The monoisotopic (exact) mass is 363 g/mol. The fourth-order valence-electron chi connectivity index (χ4n) is 3.92. The lowest BCUT2D eigenvalue weighted by Gasteiger charge is -2.32. The van der Waals surface area contributed by atoms with Gasteiger partial charge in [0.1, 0.15) is 5.60 Å². The lowest BCUT2D eigenvalue weighted by molar-refractivity contribution is -0.539. The highest BCUT2D eigenvalue weighted by Crippen LogP contribution is 2.43. The summed E-state index contributed by atoms with van der Waals surface area (Å²) in [4.78, 5) is 23.8. The van der Waals surface area contributed by atoms with Gasteiger partial charge in [0, 0.05) is 10.8 Å². The molecule has 3 rings (SSSR count). The Morgan fingerprint density at radius 2 is 2.00 bits per heavy atom. The van der Waals surface area contributed by atoms with E-state index in [1.807, 2.05) is 12.1 Å². The van der Waals surface area contributed by atoms with E-state index in [0.29, 0.717) is 17.9 Å². The molecule has 0 aromatic heterocycles. The summed E-state index contributed by atoms with van der Waals surface area (Å²) in [6, 6.07) is 4.69. The number of nitrogens with zero attached hydrogens (tertiary/aromatic N) is 1. The van der Waals surface area contributed by atoms with Gasteiger partial charge in [-0.25, -0.2) is 0 Å². The quantitative estimate of drug-likeness (QED) is 0.461. The highest BCUT2D eigenvalue weighted by atomic mass is 16.7. The van der Waals surface area contributed by atoms with Crippen LogP contribution in [0.5, 0.6) is 11.5 Å². The van der Waals surface area contributed by atoms with Crippen LogP contribution in [-0.4, -0.2) is 29.3 Å². The zero-order chi connectivity index (χ0) is 18.9. The van der Waals surface area contributed by atoms with E-state index in [1.165, 1.54) is 0 Å². The maximum atomic E-state index is 12.2. The highest BCUT2D eigenvalue weighted by Gasteiger charge is 2.44. The number of hydrogen-bond acceptors (Lipinski definition) is 6. The molecule has 1 fully saturated rings. The largest absolute Gasteiger partial charge is 0.460 e. The summed E-state index contributed by atoms with van der Waals surface area (Å²) in [7, 11) is 0. The normalized spacial score (nSPS) is 25.0. The zero-order valence-electron chi connectivity index (χ0n) is 15.4. The fraction of sp³-hybridized carbons (Fsp3) is 0.632. The Balaban J connectivity index is 1.80. The first-order valence-corrected chi connectivity index (χ1v) is 8.99. The van der Waals surface area contributed by atoms with Crippen LogP contribution in [0.2, 0.25) is 0 Å². The van der Waals surface area contributed by atoms with Crippen LogP contribution in [-0.2, 0) is 9.53 Å². The van der Waals surface area contributed by atoms with E-state index >= 15 is 0 Å². The Bertz CT molecular complexity index is 696. The van der Waals surface area contributed by atoms with E-state index in [9.17, 15) is 14.9 Å². The van der Waals surface area contributed by atoms with Gasteiger partial charge in [0.25, 0.3) is 0 Å². The van der Waals surface area contributed by atoms with E-state index in [2.05, 4.69) is 0 Å². The number of carbonyl (C=O) groups is 1. The van der Waals surface area contributed by atoms with Crippen molar-refractivity contribution in [3.05, 3.63) is 33.9 Å². The average molecular weight is 363 g/mol. The molecule has 1 aliphatic heterocycles. The molecular weight excluding hydrogens is 338 g/mol. The molecule has 1 aromatic carbocycles. The molecule has 0 amide bonds. The van der Waals surface area contributed by atoms with Crippen molar-refractivity contribution in [1.29, 1.82) is 0 Å². The fourth-order valence-corrected chi connectivity index (χ4v) is 3.92. The van der Waals surface area contributed by atoms with Crippen molar-refractivity contribution >= 4 is 5.97 Å². The molecule has 0 unspecified atom stereocenters. The summed E-state index contributed by atoms with van der Waals surface area (Å²) in [6.07, 6.45) is 2.29. The van der Waals surface area contributed by atoms with E-state index in [1.54, 1.807) is 26.8 Å². The van der Waals surface area contributed by atoms with Crippen LogP contribution in [0.25, 0.3) is 0 Å². The number of hydrogen-bond donors (Lipinski definition) is 0.